The molecule has 2 aromatic carbocycles. The normalized spacial score (nSPS) is 13.7. The number of aryl methyl sites for hydroxylation is 1. The second-order valence-corrected chi connectivity index (χ2v) is 6.63. The number of para-hydroxylation sites is 1. The molecule has 1 aromatic heterocycles. The Labute approximate surface area is 162 Å². The van der Waals surface area contributed by atoms with Crippen molar-refractivity contribution in [2.45, 2.75) is 13.0 Å². The summed E-state index contributed by atoms with van der Waals surface area (Å²) in [5.74, 6) is 0.611. The van der Waals surface area contributed by atoms with Crippen LogP contribution in [-0.2, 0) is 0 Å². The number of carbonyl (C=O) groups excluding carboxylic acids is 1. The van der Waals surface area contributed by atoms with Gasteiger partial charge in [0.2, 0.25) is 0 Å². The summed E-state index contributed by atoms with van der Waals surface area (Å²) >= 11 is 0. The molecule has 2 heterocycles. The van der Waals surface area contributed by atoms with Gasteiger partial charge in [0.1, 0.15) is 29.2 Å². The number of hydrogen-bond donors (Lipinski definition) is 1. The molecule has 1 fully saturated rings. The lowest BCUT2D eigenvalue weighted by atomic mass is 10.1. The Morgan fingerprint density at radius 3 is 2.64 bits per heavy atom. The molecule has 0 radical (unpaired) electrons. The van der Waals surface area contributed by atoms with Gasteiger partial charge < -0.3 is 15.0 Å². The molecule has 4 rings (SSSR count). The van der Waals surface area contributed by atoms with E-state index in [2.05, 4.69) is 15.3 Å². The molecular weight excluding hydrogens is 359 g/mol. The van der Waals surface area contributed by atoms with Crippen molar-refractivity contribution in [2.24, 2.45) is 0 Å². The Hall–Kier alpha value is -3.48. The minimum Gasteiger partial charge on any atom is -0.486 e. The fourth-order valence-electron chi connectivity index (χ4n) is 2.90. The van der Waals surface area contributed by atoms with E-state index in [9.17, 15) is 9.18 Å². The van der Waals surface area contributed by atoms with Crippen molar-refractivity contribution in [1.82, 2.24) is 9.97 Å². The standard InChI is InChI=1S/C21H19FN4O2/c1-14-7-8-15(22)9-19(14)28-17-12-26(13-17)20-11-23-18(10-24-20)21(27)25-16-5-3-2-4-6-16/h2-11,17H,12-13H2,1H3,(H,25,27). The second kappa shape index (κ2) is 7.64. The average Bonchev–Trinajstić information content (AvgIpc) is 2.68. The summed E-state index contributed by atoms with van der Waals surface area (Å²) in [6, 6.07) is 13.7. The van der Waals surface area contributed by atoms with Gasteiger partial charge in [0, 0.05) is 11.8 Å². The number of nitrogens with zero attached hydrogens (tertiary/aromatic N) is 3. The van der Waals surface area contributed by atoms with Crippen LogP contribution in [0, 0.1) is 12.7 Å². The number of nitrogens with one attached hydrogen (secondary N) is 1. The Kier molecular flexibility index (Phi) is 4.89. The molecular formula is C21H19FN4O2. The highest BCUT2D eigenvalue weighted by atomic mass is 19.1. The van der Waals surface area contributed by atoms with Gasteiger partial charge in [-0.2, -0.15) is 0 Å². The zero-order valence-corrected chi connectivity index (χ0v) is 15.3. The molecule has 3 aromatic rings. The molecule has 0 spiro atoms. The van der Waals surface area contributed by atoms with E-state index in [4.69, 9.17) is 4.74 Å². The van der Waals surface area contributed by atoms with Crippen LogP contribution in [0.5, 0.6) is 5.75 Å². The summed E-state index contributed by atoms with van der Waals surface area (Å²) in [4.78, 5) is 22.7. The molecule has 0 atom stereocenters. The predicted molar refractivity (Wildman–Crippen MR) is 104 cm³/mol. The van der Waals surface area contributed by atoms with Crippen molar-refractivity contribution in [3.8, 4) is 5.75 Å². The number of aromatic nitrogens is 2. The van der Waals surface area contributed by atoms with E-state index in [0.717, 1.165) is 5.56 Å². The Bertz CT molecular complexity index is 973. The molecule has 0 unspecified atom stereocenters. The number of anilines is 2. The van der Waals surface area contributed by atoms with Crippen LogP contribution in [-0.4, -0.2) is 35.1 Å². The summed E-state index contributed by atoms with van der Waals surface area (Å²) in [5.41, 5.74) is 1.85. The van der Waals surface area contributed by atoms with Gasteiger partial charge in [-0.25, -0.2) is 14.4 Å². The lowest BCUT2D eigenvalue weighted by molar-refractivity contribution is 0.102. The SMILES string of the molecule is Cc1ccc(F)cc1OC1CN(c2cnc(C(=O)Nc3ccccc3)cn2)C1. The Morgan fingerprint density at radius 1 is 1.14 bits per heavy atom. The van der Waals surface area contributed by atoms with Crippen molar-refractivity contribution in [3.05, 3.63) is 78.0 Å². The first-order chi connectivity index (χ1) is 13.6. The molecule has 1 amide bonds. The van der Waals surface area contributed by atoms with Crippen LogP contribution in [0.4, 0.5) is 15.9 Å². The molecule has 6 nitrogen and oxygen atoms in total. The molecule has 1 N–H and O–H groups in total. The van der Waals surface area contributed by atoms with Crippen LogP contribution < -0.4 is 15.0 Å². The summed E-state index contributed by atoms with van der Waals surface area (Å²) < 4.78 is 19.2. The zero-order valence-electron chi connectivity index (χ0n) is 15.3. The maximum absolute atomic E-state index is 13.4. The van der Waals surface area contributed by atoms with E-state index in [1.165, 1.54) is 18.3 Å². The van der Waals surface area contributed by atoms with E-state index in [0.29, 0.717) is 30.3 Å². The third kappa shape index (κ3) is 3.93. The minimum absolute atomic E-state index is 0.0386. The highest BCUT2D eigenvalue weighted by Crippen LogP contribution is 2.25. The van der Waals surface area contributed by atoms with Crippen LogP contribution >= 0.6 is 0 Å². The Balaban J connectivity index is 1.33. The second-order valence-electron chi connectivity index (χ2n) is 6.63. The summed E-state index contributed by atoms with van der Waals surface area (Å²) in [6.45, 7) is 3.14. The van der Waals surface area contributed by atoms with Gasteiger partial charge in [-0.15, -0.1) is 0 Å². The van der Waals surface area contributed by atoms with Gasteiger partial charge >= 0.3 is 0 Å². The van der Waals surface area contributed by atoms with Gasteiger partial charge in [0.05, 0.1) is 25.5 Å². The number of amides is 1. The van der Waals surface area contributed by atoms with Crippen molar-refractivity contribution < 1.29 is 13.9 Å². The molecule has 7 heteroatoms. The van der Waals surface area contributed by atoms with Gasteiger partial charge in [0.15, 0.2) is 0 Å². The van der Waals surface area contributed by atoms with Gasteiger partial charge in [-0.1, -0.05) is 24.3 Å². The molecule has 142 valence electrons. The quantitative estimate of drug-likeness (QED) is 0.737. The first kappa shape index (κ1) is 17.9. The van der Waals surface area contributed by atoms with Crippen LogP contribution in [0.15, 0.2) is 60.9 Å². The maximum Gasteiger partial charge on any atom is 0.275 e. The van der Waals surface area contributed by atoms with E-state index >= 15 is 0 Å². The van der Waals surface area contributed by atoms with Crippen LogP contribution in [0.25, 0.3) is 0 Å². The van der Waals surface area contributed by atoms with Crippen molar-refractivity contribution in [1.29, 1.82) is 0 Å². The topological polar surface area (TPSA) is 67.3 Å². The van der Waals surface area contributed by atoms with Crippen molar-refractivity contribution in [3.63, 3.8) is 0 Å². The maximum atomic E-state index is 13.4. The van der Waals surface area contributed by atoms with Crippen molar-refractivity contribution in [2.75, 3.05) is 23.3 Å². The van der Waals surface area contributed by atoms with Gasteiger partial charge in [0.25, 0.3) is 5.91 Å². The van der Waals surface area contributed by atoms with Crippen LogP contribution in [0.2, 0.25) is 0 Å². The monoisotopic (exact) mass is 378 g/mol. The zero-order chi connectivity index (χ0) is 19.5. The third-order valence-corrected chi connectivity index (χ3v) is 4.52. The predicted octanol–water partition coefficient (Wildman–Crippen LogP) is 3.44. The van der Waals surface area contributed by atoms with Gasteiger partial charge in [-0.3, -0.25) is 4.79 Å². The summed E-state index contributed by atoms with van der Waals surface area (Å²) in [7, 11) is 0. The first-order valence-corrected chi connectivity index (χ1v) is 8.95. The number of hydrogen-bond acceptors (Lipinski definition) is 5. The van der Waals surface area contributed by atoms with E-state index < -0.39 is 0 Å². The van der Waals surface area contributed by atoms with Crippen molar-refractivity contribution >= 4 is 17.4 Å². The number of halogens is 1. The molecule has 1 aliphatic heterocycles. The molecule has 0 saturated carbocycles. The third-order valence-electron chi connectivity index (χ3n) is 4.52. The molecule has 1 aliphatic rings. The number of benzene rings is 2. The molecule has 0 bridgehead atoms. The number of rotatable bonds is 5. The van der Waals surface area contributed by atoms with Crippen LogP contribution in [0.3, 0.4) is 0 Å². The summed E-state index contributed by atoms with van der Waals surface area (Å²) in [5, 5.41) is 2.77. The molecule has 1 saturated heterocycles. The lowest BCUT2D eigenvalue weighted by Gasteiger charge is -2.39. The first-order valence-electron chi connectivity index (χ1n) is 8.95. The Morgan fingerprint density at radius 2 is 1.93 bits per heavy atom. The highest BCUT2D eigenvalue weighted by Gasteiger charge is 2.30. The fraction of sp³-hybridized carbons (Fsp3) is 0.190. The van der Waals surface area contributed by atoms with E-state index in [-0.39, 0.29) is 23.5 Å². The smallest absolute Gasteiger partial charge is 0.275 e. The molecule has 28 heavy (non-hydrogen) atoms. The minimum atomic E-state index is -0.313. The van der Waals surface area contributed by atoms with E-state index in [1.807, 2.05) is 30.0 Å². The summed E-state index contributed by atoms with van der Waals surface area (Å²) in [6.07, 6.45) is 2.99. The average molecular weight is 378 g/mol. The van der Waals surface area contributed by atoms with Crippen LogP contribution in [0.1, 0.15) is 16.1 Å². The highest BCUT2D eigenvalue weighted by molar-refractivity contribution is 6.02. The lowest BCUT2D eigenvalue weighted by Crippen LogP contribution is -2.54. The fourth-order valence-corrected chi connectivity index (χ4v) is 2.90. The van der Waals surface area contributed by atoms with E-state index in [1.54, 1.807) is 24.4 Å². The largest absolute Gasteiger partial charge is 0.486 e. The number of carbonyl (C=O) groups is 1. The van der Waals surface area contributed by atoms with Gasteiger partial charge in [-0.05, 0) is 30.7 Å². The number of ether oxygens (including phenoxy) is 1. The molecule has 0 aliphatic carbocycles.